The van der Waals surface area contributed by atoms with Crippen molar-refractivity contribution in [2.75, 3.05) is 6.26 Å². The molecule has 0 saturated carbocycles. The molecule has 0 saturated heterocycles. The van der Waals surface area contributed by atoms with Gasteiger partial charge >= 0.3 is 0 Å². The Balaban J connectivity index is 2.35. The van der Waals surface area contributed by atoms with Gasteiger partial charge in [-0.15, -0.1) is 0 Å². The van der Waals surface area contributed by atoms with E-state index >= 15 is 0 Å². The van der Waals surface area contributed by atoms with E-state index in [-0.39, 0.29) is 0 Å². The summed E-state index contributed by atoms with van der Waals surface area (Å²) in [4.78, 5) is 0.294. The Bertz CT molecular complexity index is 705. The molecule has 18 heavy (non-hydrogen) atoms. The lowest BCUT2D eigenvalue weighted by Crippen LogP contribution is -1.96. The van der Waals surface area contributed by atoms with Gasteiger partial charge in [0.1, 0.15) is 0 Å². The Hall–Kier alpha value is -2.05. The summed E-state index contributed by atoms with van der Waals surface area (Å²) in [5.41, 5.74) is 1.60. The van der Waals surface area contributed by atoms with E-state index in [9.17, 15) is 8.42 Å². The topological polar surface area (TPSA) is 34.1 Å². The third-order valence-corrected chi connectivity index (χ3v) is 3.50. The summed E-state index contributed by atoms with van der Waals surface area (Å²) in [5, 5.41) is 0. The molecule has 2 nitrogen and oxygen atoms in total. The molecule has 0 aliphatic carbocycles. The molecule has 90 valence electrons. The van der Waals surface area contributed by atoms with Crippen LogP contribution in [0.15, 0.2) is 59.5 Å². The van der Waals surface area contributed by atoms with Crippen molar-refractivity contribution >= 4 is 9.84 Å². The standard InChI is InChI=1S/C15H12O2S/c1-18(16,17)15-9-5-8-14(12-15)11-10-13-6-3-2-4-7-13/h2-9,12H,1H3. The van der Waals surface area contributed by atoms with Gasteiger partial charge in [0.05, 0.1) is 4.90 Å². The number of rotatable bonds is 1. The van der Waals surface area contributed by atoms with Gasteiger partial charge < -0.3 is 0 Å². The minimum absolute atomic E-state index is 0.294. The van der Waals surface area contributed by atoms with Crippen LogP contribution < -0.4 is 0 Å². The molecule has 0 atom stereocenters. The van der Waals surface area contributed by atoms with Gasteiger partial charge in [-0.05, 0) is 30.3 Å². The minimum Gasteiger partial charge on any atom is -0.224 e. The number of benzene rings is 2. The first kappa shape index (κ1) is 12.4. The van der Waals surface area contributed by atoms with Crippen molar-refractivity contribution in [1.82, 2.24) is 0 Å². The molecule has 0 spiro atoms. The van der Waals surface area contributed by atoms with Crippen LogP contribution in [-0.2, 0) is 9.84 Å². The Morgan fingerprint density at radius 2 is 1.44 bits per heavy atom. The lowest BCUT2D eigenvalue weighted by molar-refractivity contribution is 0.602. The van der Waals surface area contributed by atoms with E-state index in [1.54, 1.807) is 24.3 Å². The zero-order valence-corrected chi connectivity index (χ0v) is 10.7. The normalized spacial score (nSPS) is 10.5. The fourth-order valence-electron chi connectivity index (χ4n) is 1.47. The van der Waals surface area contributed by atoms with Gasteiger partial charge in [0.15, 0.2) is 9.84 Å². The predicted octanol–water partition coefficient (Wildman–Crippen LogP) is 2.49. The molecule has 0 heterocycles. The predicted molar refractivity (Wildman–Crippen MR) is 72.0 cm³/mol. The molecule has 0 aliphatic heterocycles. The summed E-state index contributed by atoms with van der Waals surface area (Å²) in [6.45, 7) is 0. The number of hydrogen-bond donors (Lipinski definition) is 0. The van der Waals surface area contributed by atoms with Gasteiger partial charge in [-0.3, -0.25) is 0 Å². The van der Waals surface area contributed by atoms with E-state index < -0.39 is 9.84 Å². The highest BCUT2D eigenvalue weighted by atomic mass is 32.2. The van der Waals surface area contributed by atoms with Crippen molar-refractivity contribution in [3.05, 3.63) is 65.7 Å². The summed E-state index contributed by atoms with van der Waals surface area (Å²) >= 11 is 0. The first-order valence-corrected chi connectivity index (χ1v) is 7.32. The molecule has 0 radical (unpaired) electrons. The van der Waals surface area contributed by atoms with Crippen LogP contribution in [0.5, 0.6) is 0 Å². The maximum Gasteiger partial charge on any atom is 0.175 e. The van der Waals surface area contributed by atoms with Crippen LogP contribution in [0.4, 0.5) is 0 Å². The van der Waals surface area contributed by atoms with Crippen molar-refractivity contribution in [2.45, 2.75) is 4.90 Å². The molecular formula is C15H12O2S. The van der Waals surface area contributed by atoms with E-state index in [1.165, 1.54) is 6.26 Å². The second kappa shape index (κ2) is 5.07. The zero-order chi connectivity index (χ0) is 13.0. The van der Waals surface area contributed by atoms with Crippen molar-refractivity contribution in [3.63, 3.8) is 0 Å². The van der Waals surface area contributed by atoms with Gasteiger partial charge in [-0.2, -0.15) is 0 Å². The molecule has 0 amide bonds. The monoisotopic (exact) mass is 256 g/mol. The third-order valence-electron chi connectivity index (χ3n) is 2.39. The van der Waals surface area contributed by atoms with E-state index in [0.29, 0.717) is 10.5 Å². The van der Waals surface area contributed by atoms with Crippen LogP contribution in [-0.4, -0.2) is 14.7 Å². The van der Waals surface area contributed by atoms with E-state index in [1.807, 2.05) is 30.3 Å². The van der Waals surface area contributed by atoms with Gasteiger partial charge in [0.25, 0.3) is 0 Å². The molecule has 0 unspecified atom stereocenters. The molecule has 2 aromatic carbocycles. The van der Waals surface area contributed by atoms with Crippen molar-refractivity contribution in [1.29, 1.82) is 0 Å². The Labute approximate surface area is 107 Å². The van der Waals surface area contributed by atoms with Crippen molar-refractivity contribution in [3.8, 4) is 11.8 Å². The van der Waals surface area contributed by atoms with Crippen LogP contribution in [0.25, 0.3) is 0 Å². The molecule has 0 aliphatic rings. The van der Waals surface area contributed by atoms with Gasteiger partial charge in [0.2, 0.25) is 0 Å². The van der Waals surface area contributed by atoms with Gasteiger partial charge in [-0.25, -0.2) is 8.42 Å². The summed E-state index contributed by atoms with van der Waals surface area (Å²) in [6.07, 6.45) is 1.19. The lowest BCUT2D eigenvalue weighted by atomic mass is 10.2. The molecule has 2 aromatic rings. The summed E-state index contributed by atoms with van der Waals surface area (Å²) in [6, 6.07) is 16.2. The molecular weight excluding hydrogens is 244 g/mol. The average Bonchev–Trinajstić information content (AvgIpc) is 2.37. The van der Waals surface area contributed by atoms with E-state index in [0.717, 1.165) is 5.56 Å². The van der Waals surface area contributed by atoms with Crippen LogP contribution in [0, 0.1) is 11.8 Å². The third kappa shape index (κ3) is 3.22. The minimum atomic E-state index is -3.18. The quantitative estimate of drug-likeness (QED) is 0.735. The fraction of sp³-hybridized carbons (Fsp3) is 0.0667. The highest BCUT2D eigenvalue weighted by Gasteiger charge is 2.05. The first-order chi connectivity index (χ1) is 8.55. The number of hydrogen-bond acceptors (Lipinski definition) is 2. The average molecular weight is 256 g/mol. The molecule has 3 heteroatoms. The van der Waals surface area contributed by atoms with E-state index in [4.69, 9.17) is 0 Å². The highest BCUT2D eigenvalue weighted by Crippen LogP contribution is 2.10. The van der Waals surface area contributed by atoms with E-state index in [2.05, 4.69) is 11.8 Å². The van der Waals surface area contributed by atoms with Crippen LogP contribution in [0.2, 0.25) is 0 Å². The van der Waals surface area contributed by atoms with Crippen molar-refractivity contribution < 1.29 is 8.42 Å². The highest BCUT2D eigenvalue weighted by molar-refractivity contribution is 7.90. The number of sulfone groups is 1. The molecule has 2 rings (SSSR count). The maximum absolute atomic E-state index is 11.4. The summed E-state index contributed by atoms with van der Waals surface area (Å²) < 4.78 is 22.8. The molecule has 0 aromatic heterocycles. The molecule has 0 fully saturated rings. The summed E-state index contributed by atoms with van der Waals surface area (Å²) in [7, 11) is -3.18. The van der Waals surface area contributed by atoms with Gasteiger partial charge in [-0.1, -0.05) is 36.1 Å². The van der Waals surface area contributed by atoms with Crippen LogP contribution in [0.3, 0.4) is 0 Å². The molecule has 0 N–H and O–H groups in total. The first-order valence-electron chi connectivity index (χ1n) is 5.43. The second-order valence-corrected chi connectivity index (χ2v) is 5.93. The largest absolute Gasteiger partial charge is 0.224 e. The lowest BCUT2D eigenvalue weighted by Gasteiger charge is -1.97. The Kier molecular flexibility index (Phi) is 3.50. The summed E-state index contributed by atoms with van der Waals surface area (Å²) in [5.74, 6) is 5.95. The van der Waals surface area contributed by atoms with Crippen LogP contribution >= 0.6 is 0 Å². The smallest absolute Gasteiger partial charge is 0.175 e. The van der Waals surface area contributed by atoms with Crippen molar-refractivity contribution in [2.24, 2.45) is 0 Å². The Morgan fingerprint density at radius 1 is 0.833 bits per heavy atom. The SMILES string of the molecule is CS(=O)(=O)c1cccc(C#Cc2ccccc2)c1. The zero-order valence-electron chi connectivity index (χ0n) is 9.92. The second-order valence-electron chi connectivity index (χ2n) is 3.92. The fourth-order valence-corrected chi connectivity index (χ4v) is 2.14. The Morgan fingerprint density at radius 3 is 2.11 bits per heavy atom. The molecule has 0 bridgehead atoms. The van der Waals surface area contributed by atoms with Crippen LogP contribution in [0.1, 0.15) is 11.1 Å². The van der Waals surface area contributed by atoms with Gasteiger partial charge in [0, 0.05) is 17.4 Å². The maximum atomic E-state index is 11.4.